The Balaban J connectivity index is 2.74. The number of carbonyl (C=O) groups is 3. The number of hydrogen-bond donors (Lipinski definition) is 0. The fourth-order valence-electron chi connectivity index (χ4n) is 2.05. The van der Waals surface area contributed by atoms with E-state index in [2.05, 4.69) is 21.0 Å². The molecular weight excluding hydrogens is 423 g/mol. The maximum Gasteiger partial charge on any atom is 0.359 e. The van der Waals surface area contributed by atoms with E-state index in [0.717, 1.165) is 0 Å². The van der Waals surface area contributed by atoms with Crippen LogP contribution in [0.5, 0.6) is 0 Å². The fraction of sp³-hybridized carbons (Fsp3) is 0.200. The lowest BCUT2D eigenvalue weighted by atomic mass is 10.2. The first-order valence-corrected chi connectivity index (χ1v) is 7.90. The maximum absolute atomic E-state index is 14.4. The second-order valence-corrected chi connectivity index (χ2v) is 5.65. The number of aldehydes is 1. The van der Waals surface area contributed by atoms with E-state index in [1.54, 1.807) is 6.07 Å². The van der Waals surface area contributed by atoms with Crippen LogP contribution in [0.15, 0.2) is 28.7 Å². The summed E-state index contributed by atoms with van der Waals surface area (Å²) < 4.78 is 45.6. The highest BCUT2D eigenvalue weighted by Crippen LogP contribution is 2.29. The van der Waals surface area contributed by atoms with Gasteiger partial charge >= 0.3 is 18.3 Å². The number of ether oxygens (including phenoxy) is 1. The number of hydrogen-bond acceptors (Lipinski definition) is 5. The lowest BCUT2D eigenvalue weighted by molar-refractivity contribution is -0.132. The highest BCUT2D eigenvalue weighted by atomic mass is 79.9. The first kappa shape index (κ1) is 19.6. The SMILES string of the molecule is CCOC(=O)c1nn(-c2cccc(Br)c2)c(N(F)C(=O)C(F)F)c1C=O. The second kappa shape index (κ2) is 8.13. The van der Waals surface area contributed by atoms with E-state index < -0.39 is 40.5 Å². The summed E-state index contributed by atoms with van der Waals surface area (Å²) >= 11 is 3.17. The third-order valence-electron chi connectivity index (χ3n) is 3.10. The molecule has 0 atom stereocenters. The summed E-state index contributed by atoms with van der Waals surface area (Å²) in [5.41, 5.74) is -1.20. The largest absolute Gasteiger partial charge is 0.461 e. The fourth-order valence-corrected chi connectivity index (χ4v) is 2.43. The summed E-state index contributed by atoms with van der Waals surface area (Å²) in [6.07, 6.45) is -3.63. The van der Waals surface area contributed by atoms with E-state index in [9.17, 15) is 27.6 Å². The topological polar surface area (TPSA) is 81.5 Å². The van der Waals surface area contributed by atoms with Gasteiger partial charge in [0.2, 0.25) is 0 Å². The Morgan fingerprint density at radius 1 is 1.42 bits per heavy atom. The van der Waals surface area contributed by atoms with E-state index >= 15 is 0 Å². The summed E-state index contributed by atoms with van der Waals surface area (Å²) in [6, 6.07) is 5.97. The predicted octanol–water partition coefficient (Wildman–Crippen LogP) is 3.11. The third-order valence-corrected chi connectivity index (χ3v) is 3.60. The molecule has 0 radical (unpaired) electrons. The number of rotatable bonds is 6. The molecule has 2 rings (SSSR count). The Morgan fingerprint density at radius 2 is 2.12 bits per heavy atom. The third kappa shape index (κ3) is 3.77. The first-order valence-electron chi connectivity index (χ1n) is 7.11. The second-order valence-electron chi connectivity index (χ2n) is 4.74. The monoisotopic (exact) mass is 433 g/mol. The first-order chi connectivity index (χ1) is 12.3. The van der Waals surface area contributed by atoms with Crippen molar-refractivity contribution in [2.24, 2.45) is 0 Å². The number of aromatic nitrogens is 2. The van der Waals surface area contributed by atoms with Gasteiger partial charge in [-0.25, -0.2) is 9.48 Å². The molecule has 0 fully saturated rings. The molecule has 138 valence electrons. The Bertz CT molecular complexity index is 857. The van der Waals surface area contributed by atoms with Gasteiger partial charge < -0.3 is 4.74 Å². The molecule has 0 unspecified atom stereocenters. The molecule has 0 aliphatic heterocycles. The molecule has 26 heavy (non-hydrogen) atoms. The van der Waals surface area contributed by atoms with Crippen LogP contribution >= 0.6 is 15.9 Å². The smallest absolute Gasteiger partial charge is 0.359 e. The number of benzene rings is 1. The zero-order valence-electron chi connectivity index (χ0n) is 13.2. The van der Waals surface area contributed by atoms with Gasteiger partial charge in [-0.05, 0) is 25.1 Å². The molecule has 1 amide bonds. The summed E-state index contributed by atoms with van der Waals surface area (Å²) in [4.78, 5) is 34.8. The minimum Gasteiger partial charge on any atom is -0.461 e. The summed E-state index contributed by atoms with van der Waals surface area (Å²) in [5, 5.41) is 2.87. The Kier molecular flexibility index (Phi) is 6.14. The number of alkyl halides is 2. The Labute approximate surface area is 153 Å². The Hall–Kier alpha value is -2.69. The molecule has 0 aliphatic rings. The van der Waals surface area contributed by atoms with Crippen molar-refractivity contribution in [3.8, 4) is 5.69 Å². The van der Waals surface area contributed by atoms with Gasteiger partial charge in [-0.3, -0.25) is 9.59 Å². The number of amides is 1. The van der Waals surface area contributed by atoms with Crippen LogP contribution in [0.3, 0.4) is 0 Å². The highest BCUT2D eigenvalue weighted by molar-refractivity contribution is 9.10. The van der Waals surface area contributed by atoms with Crippen molar-refractivity contribution in [3.05, 3.63) is 40.0 Å². The number of anilines is 1. The van der Waals surface area contributed by atoms with Crippen LogP contribution in [0, 0.1) is 0 Å². The number of esters is 1. The summed E-state index contributed by atoms with van der Waals surface area (Å²) in [5.74, 6) is -4.20. The van der Waals surface area contributed by atoms with Gasteiger partial charge in [0.15, 0.2) is 17.8 Å². The summed E-state index contributed by atoms with van der Waals surface area (Å²) in [6.45, 7) is 1.43. The predicted molar refractivity (Wildman–Crippen MR) is 87.2 cm³/mol. The van der Waals surface area contributed by atoms with Crippen molar-refractivity contribution in [1.82, 2.24) is 9.78 Å². The molecule has 1 heterocycles. The minimum absolute atomic E-state index is 0.0361. The number of carbonyl (C=O) groups excluding carboxylic acids is 3. The number of halogens is 4. The van der Waals surface area contributed by atoms with Gasteiger partial charge in [0.1, 0.15) is 0 Å². The Morgan fingerprint density at radius 3 is 2.65 bits per heavy atom. The molecule has 7 nitrogen and oxygen atoms in total. The normalized spacial score (nSPS) is 10.7. The van der Waals surface area contributed by atoms with Gasteiger partial charge in [-0.15, -0.1) is 5.12 Å². The van der Waals surface area contributed by atoms with Crippen LogP contribution < -0.4 is 5.12 Å². The molecule has 0 N–H and O–H groups in total. The maximum atomic E-state index is 14.4. The van der Waals surface area contributed by atoms with Crippen molar-refractivity contribution < 1.29 is 32.4 Å². The van der Waals surface area contributed by atoms with E-state index in [-0.39, 0.29) is 18.6 Å². The molecule has 2 aromatic rings. The van der Waals surface area contributed by atoms with Gasteiger partial charge in [-0.2, -0.15) is 13.9 Å². The zero-order valence-corrected chi connectivity index (χ0v) is 14.7. The lowest BCUT2D eigenvalue weighted by Gasteiger charge is -2.14. The lowest BCUT2D eigenvalue weighted by Crippen LogP contribution is -2.30. The van der Waals surface area contributed by atoms with Crippen LogP contribution in [-0.2, 0) is 9.53 Å². The van der Waals surface area contributed by atoms with Gasteiger partial charge in [-0.1, -0.05) is 26.5 Å². The van der Waals surface area contributed by atoms with Crippen molar-refractivity contribution in [2.75, 3.05) is 11.7 Å². The van der Waals surface area contributed by atoms with Crippen molar-refractivity contribution in [1.29, 1.82) is 0 Å². The van der Waals surface area contributed by atoms with Crippen LogP contribution in [-0.4, -0.2) is 41.0 Å². The van der Waals surface area contributed by atoms with Crippen molar-refractivity contribution in [3.63, 3.8) is 0 Å². The number of nitrogens with zero attached hydrogens (tertiary/aromatic N) is 3. The van der Waals surface area contributed by atoms with E-state index in [1.807, 2.05) is 0 Å². The summed E-state index contributed by atoms with van der Waals surface area (Å²) in [7, 11) is 0. The van der Waals surface area contributed by atoms with Crippen LogP contribution in [0.1, 0.15) is 27.8 Å². The van der Waals surface area contributed by atoms with Crippen LogP contribution in [0.2, 0.25) is 0 Å². The van der Waals surface area contributed by atoms with E-state index in [4.69, 9.17) is 4.74 Å². The average Bonchev–Trinajstić information content (AvgIpc) is 3.00. The molecule has 1 aromatic heterocycles. The van der Waals surface area contributed by atoms with Crippen molar-refractivity contribution in [2.45, 2.75) is 13.3 Å². The highest BCUT2D eigenvalue weighted by Gasteiger charge is 2.34. The zero-order chi connectivity index (χ0) is 19.4. The molecule has 0 aliphatic carbocycles. The van der Waals surface area contributed by atoms with Crippen molar-refractivity contribution >= 4 is 39.9 Å². The van der Waals surface area contributed by atoms with E-state index in [0.29, 0.717) is 9.15 Å². The quantitative estimate of drug-likeness (QED) is 0.397. The average molecular weight is 434 g/mol. The van der Waals surface area contributed by atoms with Gasteiger partial charge in [0, 0.05) is 4.47 Å². The molecular formula is C15H11BrF3N3O4. The molecule has 0 saturated heterocycles. The minimum atomic E-state index is -3.67. The van der Waals surface area contributed by atoms with Crippen LogP contribution in [0.4, 0.5) is 19.1 Å². The molecule has 11 heteroatoms. The van der Waals surface area contributed by atoms with Crippen LogP contribution in [0.25, 0.3) is 5.69 Å². The molecule has 0 bridgehead atoms. The van der Waals surface area contributed by atoms with Gasteiger partial charge in [0.25, 0.3) is 0 Å². The van der Waals surface area contributed by atoms with E-state index in [1.165, 1.54) is 25.1 Å². The standard InChI is InChI=1S/C15H11BrF3N3O4/c1-2-26-15(25)11-10(7-23)13(21(19)14(24)12(17)18)22(20-11)9-5-3-4-8(16)6-9/h3-7,12H,2H2,1H3. The molecule has 1 aromatic carbocycles. The van der Waals surface area contributed by atoms with Gasteiger partial charge in [0.05, 0.1) is 17.9 Å². The molecule has 0 saturated carbocycles. The molecule has 0 spiro atoms.